The molecule has 0 radical (unpaired) electrons. The first-order valence-electron chi connectivity index (χ1n) is 6.61. The van der Waals surface area contributed by atoms with Gasteiger partial charge in [0.15, 0.2) is 0 Å². The lowest BCUT2D eigenvalue weighted by Crippen LogP contribution is -2.06. The van der Waals surface area contributed by atoms with E-state index in [2.05, 4.69) is 27.7 Å². The lowest BCUT2D eigenvalue weighted by Gasteiger charge is -2.29. The standard InChI is InChI=1S/C13H26P2/c1-10-5-6-11(2)14(10)9-15-12(3)7-8-13(15)4/h10-13H,5-9H2,1-4H3. The zero-order valence-electron chi connectivity index (χ0n) is 10.7. The molecule has 4 atom stereocenters. The summed E-state index contributed by atoms with van der Waals surface area (Å²) < 4.78 is 0. The van der Waals surface area contributed by atoms with E-state index < -0.39 is 0 Å². The van der Waals surface area contributed by atoms with Gasteiger partial charge in [-0.25, -0.2) is 0 Å². The van der Waals surface area contributed by atoms with Gasteiger partial charge in [-0.1, -0.05) is 43.5 Å². The van der Waals surface area contributed by atoms with Crippen molar-refractivity contribution in [1.29, 1.82) is 0 Å². The molecule has 0 N–H and O–H groups in total. The third-order valence-electron chi connectivity index (χ3n) is 4.60. The van der Waals surface area contributed by atoms with E-state index in [-0.39, 0.29) is 0 Å². The first kappa shape index (κ1) is 12.3. The summed E-state index contributed by atoms with van der Waals surface area (Å²) in [6.07, 6.45) is 6.11. The SMILES string of the molecule is CC1CCC(C)P1CP1C(C)CCC1C. The second-order valence-corrected chi connectivity index (χ2v) is 12.4. The maximum absolute atomic E-state index is 2.52. The molecule has 0 bridgehead atoms. The average Bonchev–Trinajstić information content (AvgIpc) is 2.67. The molecule has 2 fully saturated rings. The molecule has 2 aliphatic heterocycles. The Bertz CT molecular complexity index is 175. The van der Waals surface area contributed by atoms with E-state index in [1.807, 2.05) is 0 Å². The second-order valence-electron chi connectivity index (χ2n) is 5.72. The van der Waals surface area contributed by atoms with Crippen LogP contribution in [0.25, 0.3) is 0 Å². The molecule has 0 aromatic rings. The Labute approximate surface area is 98.1 Å². The Balaban J connectivity index is 1.95. The van der Waals surface area contributed by atoms with Crippen LogP contribution in [-0.4, -0.2) is 28.5 Å². The van der Waals surface area contributed by atoms with Crippen molar-refractivity contribution in [3.63, 3.8) is 0 Å². The van der Waals surface area contributed by atoms with E-state index in [9.17, 15) is 0 Å². The highest BCUT2D eigenvalue weighted by Gasteiger charge is 2.36. The fourth-order valence-electron chi connectivity index (χ4n) is 3.24. The smallest absolute Gasteiger partial charge is 0.0111 e. The normalized spacial score (nSPS) is 51.2. The molecule has 0 spiro atoms. The summed E-state index contributed by atoms with van der Waals surface area (Å²) in [4.78, 5) is 0. The lowest BCUT2D eigenvalue weighted by molar-refractivity contribution is 0.777. The van der Waals surface area contributed by atoms with E-state index >= 15 is 0 Å². The van der Waals surface area contributed by atoms with Gasteiger partial charge < -0.3 is 0 Å². The van der Waals surface area contributed by atoms with Gasteiger partial charge in [-0.15, -0.1) is 0 Å². The number of hydrogen-bond acceptors (Lipinski definition) is 0. The topological polar surface area (TPSA) is 0 Å². The van der Waals surface area contributed by atoms with Gasteiger partial charge in [0.2, 0.25) is 0 Å². The van der Waals surface area contributed by atoms with Gasteiger partial charge in [0.1, 0.15) is 0 Å². The van der Waals surface area contributed by atoms with Crippen LogP contribution in [-0.2, 0) is 0 Å². The molecule has 0 aromatic heterocycles. The first-order valence-corrected chi connectivity index (χ1v) is 9.94. The summed E-state index contributed by atoms with van der Waals surface area (Å²) in [6.45, 7) is 10.1. The number of rotatable bonds is 2. The zero-order valence-corrected chi connectivity index (χ0v) is 12.5. The second kappa shape index (κ2) is 5.01. The highest BCUT2D eigenvalue weighted by Crippen LogP contribution is 2.67. The van der Waals surface area contributed by atoms with Crippen LogP contribution < -0.4 is 0 Å². The van der Waals surface area contributed by atoms with E-state index in [4.69, 9.17) is 0 Å². The Morgan fingerprint density at radius 2 is 0.933 bits per heavy atom. The van der Waals surface area contributed by atoms with Crippen molar-refractivity contribution in [3.8, 4) is 0 Å². The molecule has 0 saturated carbocycles. The minimum absolute atomic E-state index is 0.397. The minimum Gasteiger partial charge on any atom is -0.0965 e. The number of hydrogen-bond donors (Lipinski definition) is 0. The molecule has 88 valence electrons. The van der Waals surface area contributed by atoms with Crippen molar-refractivity contribution < 1.29 is 0 Å². The van der Waals surface area contributed by atoms with Gasteiger partial charge >= 0.3 is 0 Å². The molecular formula is C13H26P2. The summed E-state index contributed by atoms with van der Waals surface area (Å²) in [7, 11) is 0.794. The quantitative estimate of drug-likeness (QED) is 0.596. The van der Waals surface area contributed by atoms with Crippen molar-refractivity contribution in [2.45, 2.75) is 76.0 Å². The third kappa shape index (κ3) is 2.58. The van der Waals surface area contributed by atoms with Gasteiger partial charge in [0, 0.05) is 0 Å². The molecule has 0 amide bonds. The highest BCUT2D eigenvalue weighted by molar-refractivity contribution is 7.76. The van der Waals surface area contributed by atoms with Crippen molar-refractivity contribution in [3.05, 3.63) is 0 Å². The average molecular weight is 244 g/mol. The van der Waals surface area contributed by atoms with Crippen LogP contribution >= 0.6 is 15.8 Å². The Hall–Kier alpha value is 0.860. The van der Waals surface area contributed by atoms with Crippen molar-refractivity contribution >= 4 is 15.8 Å². The van der Waals surface area contributed by atoms with Crippen LogP contribution in [0.4, 0.5) is 0 Å². The predicted molar refractivity (Wildman–Crippen MR) is 75.0 cm³/mol. The Kier molecular flexibility index (Phi) is 4.12. The molecule has 2 aliphatic rings. The molecule has 15 heavy (non-hydrogen) atoms. The van der Waals surface area contributed by atoms with Crippen LogP contribution in [0.5, 0.6) is 0 Å². The summed E-state index contributed by atoms with van der Waals surface area (Å²) in [5, 5.41) is 0. The van der Waals surface area contributed by atoms with Crippen LogP contribution in [0.15, 0.2) is 0 Å². The molecule has 2 heteroatoms. The van der Waals surface area contributed by atoms with E-state index in [0.717, 1.165) is 22.6 Å². The molecule has 2 rings (SSSR count). The molecular weight excluding hydrogens is 218 g/mol. The van der Waals surface area contributed by atoms with Crippen molar-refractivity contribution in [2.75, 3.05) is 5.90 Å². The van der Waals surface area contributed by atoms with Gasteiger partial charge in [0.05, 0.1) is 0 Å². The third-order valence-corrected chi connectivity index (χ3v) is 12.8. The van der Waals surface area contributed by atoms with Gasteiger partial charge in [-0.05, 0) is 54.2 Å². The molecule has 4 unspecified atom stereocenters. The van der Waals surface area contributed by atoms with Crippen molar-refractivity contribution in [2.24, 2.45) is 0 Å². The maximum Gasteiger partial charge on any atom is -0.0111 e. The molecule has 0 nitrogen and oxygen atoms in total. The van der Waals surface area contributed by atoms with Crippen molar-refractivity contribution in [1.82, 2.24) is 0 Å². The van der Waals surface area contributed by atoms with Gasteiger partial charge in [-0.2, -0.15) is 0 Å². The van der Waals surface area contributed by atoms with E-state index in [1.54, 1.807) is 5.90 Å². The highest BCUT2D eigenvalue weighted by atomic mass is 31.2. The molecule has 2 saturated heterocycles. The molecule has 0 aliphatic carbocycles. The van der Waals surface area contributed by atoms with E-state index in [0.29, 0.717) is 15.8 Å². The summed E-state index contributed by atoms with van der Waals surface area (Å²) in [5.74, 6) is 1.66. The summed E-state index contributed by atoms with van der Waals surface area (Å²) in [5.41, 5.74) is 4.32. The summed E-state index contributed by atoms with van der Waals surface area (Å²) >= 11 is 0. The molecule has 0 aromatic carbocycles. The minimum atomic E-state index is 0.397. The van der Waals surface area contributed by atoms with Gasteiger partial charge in [-0.3, -0.25) is 0 Å². The van der Waals surface area contributed by atoms with Gasteiger partial charge in [0.25, 0.3) is 0 Å². The Morgan fingerprint density at radius 1 is 0.667 bits per heavy atom. The molecule has 2 heterocycles. The lowest BCUT2D eigenvalue weighted by atomic mass is 10.2. The maximum atomic E-state index is 2.52. The van der Waals surface area contributed by atoms with Crippen LogP contribution in [0, 0.1) is 0 Å². The van der Waals surface area contributed by atoms with Crippen LogP contribution in [0.1, 0.15) is 53.4 Å². The first-order chi connectivity index (χ1) is 7.09. The summed E-state index contributed by atoms with van der Waals surface area (Å²) in [6, 6.07) is 0. The zero-order chi connectivity index (χ0) is 11.0. The van der Waals surface area contributed by atoms with Crippen LogP contribution in [0.3, 0.4) is 0 Å². The fourth-order valence-corrected chi connectivity index (χ4v) is 12.9. The Morgan fingerprint density at radius 3 is 1.20 bits per heavy atom. The van der Waals surface area contributed by atoms with E-state index in [1.165, 1.54) is 25.7 Å². The fraction of sp³-hybridized carbons (Fsp3) is 1.00. The largest absolute Gasteiger partial charge is 0.0965 e. The monoisotopic (exact) mass is 244 g/mol. The predicted octanol–water partition coefficient (Wildman–Crippen LogP) is 5.05. The van der Waals surface area contributed by atoms with Crippen LogP contribution in [0.2, 0.25) is 0 Å².